The van der Waals surface area contributed by atoms with Crippen molar-refractivity contribution in [1.29, 1.82) is 0 Å². The summed E-state index contributed by atoms with van der Waals surface area (Å²) in [6.07, 6.45) is 1.39. The van der Waals surface area contributed by atoms with Gasteiger partial charge in [-0.25, -0.2) is 9.97 Å². The SMILES string of the molecule is COCCNC(=O)c1cc(N2CCN(C(C)=O)CC2)ncn1. The maximum Gasteiger partial charge on any atom is 0.270 e. The largest absolute Gasteiger partial charge is 0.383 e. The minimum Gasteiger partial charge on any atom is -0.383 e. The van der Waals surface area contributed by atoms with Gasteiger partial charge in [0.25, 0.3) is 5.91 Å². The van der Waals surface area contributed by atoms with Crippen LogP contribution in [0.3, 0.4) is 0 Å². The number of carbonyl (C=O) groups is 2. The molecule has 0 saturated carbocycles. The van der Waals surface area contributed by atoms with Crippen LogP contribution >= 0.6 is 0 Å². The zero-order valence-electron chi connectivity index (χ0n) is 12.9. The van der Waals surface area contributed by atoms with Crippen molar-refractivity contribution < 1.29 is 14.3 Å². The van der Waals surface area contributed by atoms with E-state index in [4.69, 9.17) is 4.74 Å². The van der Waals surface area contributed by atoms with Gasteiger partial charge in [0, 0.05) is 52.8 Å². The Morgan fingerprint density at radius 2 is 2.00 bits per heavy atom. The number of anilines is 1. The number of ether oxygens (including phenoxy) is 1. The van der Waals surface area contributed by atoms with Crippen molar-refractivity contribution in [2.45, 2.75) is 6.92 Å². The molecular formula is C14H21N5O3. The van der Waals surface area contributed by atoms with Crippen LogP contribution in [0.25, 0.3) is 0 Å². The summed E-state index contributed by atoms with van der Waals surface area (Å²) in [5, 5.41) is 2.73. The lowest BCUT2D eigenvalue weighted by Gasteiger charge is -2.34. The molecule has 2 heterocycles. The Morgan fingerprint density at radius 1 is 1.27 bits per heavy atom. The predicted molar refractivity (Wildman–Crippen MR) is 80.7 cm³/mol. The van der Waals surface area contributed by atoms with E-state index in [0.29, 0.717) is 50.8 Å². The first-order valence-corrected chi connectivity index (χ1v) is 7.21. The molecule has 1 aliphatic rings. The number of rotatable bonds is 5. The van der Waals surface area contributed by atoms with Crippen molar-refractivity contribution in [1.82, 2.24) is 20.2 Å². The molecule has 120 valence electrons. The molecule has 1 saturated heterocycles. The minimum absolute atomic E-state index is 0.0838. The van der Waals surface area contributed by atoms with Gasteiger partial charge in [-0.2, -0.15) is 0 Å². The summed E-state index contributed by atoms with van der Waals surface area (Å²) in [7, 11) is 1.58. The number of hydrogen-bond donors (Lipinski definition) is 1. The van der Waals surface area contributed by atoms with Crippen molar-refractivity contribution in [2.24, 2.45) is 0 Å². The molecule has 1 N–H and O–H groups in total. The number of piperazine rings is 1. The molecule has 0 radical (unpaired) electrons. The second kappa shape index (κ2) is 7.69. The number of amides is 2. The van der Waals surface area contributed by atoms with Crippen molar-refractivity contribution in [2.75, 3.05) is 51.3 Å². The van der Waals surface area contributed by atoms with E-state index in [-0.39, 0.29) is 11.8 Å². The van der Waals surface area contributed by atoms with E-state index in [9.17, 15) is 9.59 Å². The average molecular weight is 307 g/mol. The predicted octanol–water partition coefficient (Wildman–Crippen LogP) is -0.479. The summed E-state index contributed by atoms with van der Waals surface area (Å²) < 4.78 is 4.89. The molecular weight excluding hydrogens is 286 g/mol. The highest BCUT2D eigenvalue weighted by Gasteiger charge is 2.20. The fourth-order valence-corrected chi connectivity index (χ4v) is 2.25. The van der Waals surface area contributed by atoms with Crippen LogP contribution in [-0.4, -0.2) is 73.1 Å². The summed E-state index contributed by atoms with van der Waals surface area (Å²) in [6.45, 7) is 5.18. The number of methoxy groups -OCH3 is 1. The highest BCUT2D eigenvalue weighted by molar-refractivity contribution is 5.92. The van der Waals surface area contributed by atoms with E-state index in [1.807, 2.05) is 4.90 Å². The van der Waals surface area contributed by atoms with Crippen molar-refractivity contribution in [3.63, 3.8) is 0 Å². The Bertz CT molecular complexity index is 529. The smallest absolute Gasteiger partial charge is 0.270 e. The van der Waals surface area contributed by atoms with Crippen LogP contribution in [0.1, 0.15) is 17.4 Å². The van der Waals surface area contributed by atoms with Crippen LogP contribution in [0, 0.1) is 0 Å². The lowest BCUT2D eigenvalue weighted by atomic mass is 10.3. The molecule has 2 rings (SSSR count). The maximum atomic E-state index is 12.0. The second-order valence-electron chi connectivity index (χ2n) is 5.00. The van der Waals surface area contributed by atoms with E-state index in [0.717, 1.165) is 0 Å². The minimum atomic E-state index is -0.247. The molecule has 2 amide bonds. The fourth-order valence-electron chi connectivity index (χ4n) is 2.25. The first-order valence-electron chi connectivity index (χ1n) is 7.21. The molecule has 0 bridgehead atoms. The molecule has 8 heteroatoms. The van der Waals surface area contributed by atoms with Gasteiger partial charge < -0.3 is 19.9 Å². The second-order valence-corrected chi connectivity index (χ2v) is 5.00. The first kappa shape index (κ1) is 16.2. The number of nitrogens with zero attached hydrogens (tertiary/aromatic N) is 4. The Balaban J connectivity index is 1.97. The van der Waals surface area contributed by atoms with Crippen LogP contribution < -0.4 is 10.2 Å². The third-order valence-corrected chi connectivity index (χ3v) is 3.53. The standard InChI is InChI=1S/C14H21N5O3/c1-11(20)18-4-6-19(7-5-18)13-9-12(16-10-17-13)14(21)15-3-8-22-2/h9-10H,3-8H2,1-2H3,(H,15,21). The average Bonchev–Trinajstić information content (AvgIpc) is 2.55. The Kier molecular flexibility index (Phi) is 5.65. The third-order valence-electron chi connectivity index (χ3n) is 3.53. The molecule has 22 heavy (non-hydrogen) atoms. The summed E-state index contributed by atoms with van der Waals surface area (Å²) in [5.74, 6) is 0.540. The Hall–Kier alpha value is -2.22. The van der Waals surface area contributed by atoms with Crippen LogP contribution in [-0.2, 0) is 9.53 Å². The van der Waals surface area contributed by atoms with E-state index < -0.39 is 0 Å². The molecule has 0 spiro atoms. The lowest BCUT2D eigenvalue weighted by Crippen LogP contribution is -2.48. The van der Waals surface area contributed by atoms with E-state index in [1.54, 1.807) is 25.0 Å². The molecule has 8 nitrogen and oxygen atoms in total. The quantitative estimate of drug-likeness (QED) is 0.739. The summed E-state index contributed by atoms with van der Waals surface area (Å²) >= 11 is 0. The van der Waals surface area contributed by atoms with Crippen LogP contribution in [0.4, 0.5) is 5.82 Å². The van der Waals surface area contributed by atoms with Crippen molar-refractivity contribution in [3.8, 4) is 0 Å². The first-order chi connectivity index (χ1) is 10.6. The van der Waals surface area contributed by atoms with Crippen LogP contribution in [0.5, 0.6) is 0 Å². The van der Waals surface area contributed by atoms with Gasteiger partial charge in [-0.05, 0) is 0 Å². The molecule has 1 aliphatic heterocycles. The summed E-state index contributed by atoms with van der Waals surface area (Å²) in [4.78, 5) is 35.4. The molecule has 0 unspecified atom stereocenters. The van der Waals surface area contributed by atoms with Gasteiger partial charge in [-0.3, -0.25) is 9.59 Å². The molecule has 0 aliphatic carbocycles. The van der Waals surface area contributed by atoms with Gasteiger partial charge in [0.2, 0.25) is 5.91 Å². The van der Waals surface area contributed by atoms with Crippen LogP contribution in [0.2, 0.25) is 0 Å². The van der Waals surface area contributed by atoms with Gasteiger partial charge in [0.1, 0.15) is 17.8 Å². The topological polar surface area (TPSA) is 87.7 Å². The number of carbonyl (C=O) groups excluding carboxylic acids is 2. The fraction of sp³-hybridized carbons (Fsp3) is 0.571. The van der Waals surface area contributed by atoms with Crippen molar-refractivity contribution >= 4 is 17.6 Å². The Morgan fingerprint density at radius 3 is 2.64 bits per heavy atom. The van der Waals surface area contributed by atoms with Gasteiger partial charge in [-0.1, -0.05) is 0 Å². The summed E-state index contributed by atoms with van der Waals surface area (Å²) in [6, 6.07) is 1.67. The number of aromatic nitrogens is 2. The molecule has 1 aromatic heterocycles. The third kappa shape index (κ3) is 4.14. The highest BCUT2D eigenvalue weighted by atomic mass is 16.5. The molecule has 0 atom stereocenters. The van der Waals surface area contributed by atoms with Gasteiger partial charge in [0.05, 0.1) is 6.61 Å². The van der Waals surface area contributed by atoms with Crippen molar-refractivity contribution in [3.05, 3.63) is 18.1 Å². The van der Waals surface area contributed by atoms with Gasteiger partial charge >= 0.3 is 0 Å². The van der Waals surface area contributed by atoms with E-state index in [2.05, 4.69) is 15.3 Å². The van der Waals surface area contributed by atoms with Gasteiger partial charge in [-0.15, -0.1) is 0 Å². The molecule has 1 fully saturated rings. The summed E-state index contributed by atoms with van der Waals surface area (Å²) in [5.41, 5.74) is 0.329. The number of hydrogen-bond acceptors (Lipinski definition) is 6. The number of nitrogens with one attached hydrogen (secondary N) is 1. The highest BCUT2D eigenvalue weighted by Crippen LogP contribution is 2.14. The van der Waals surface area contributed by atoms with Gasteiger partial charge in [0.15, 0.2) is 0 Å². The van der Waals surface area contributed by atoms with E-state index >= 15 is 0 Å². The normalized spacial score (nSPS) is 14.8. The van der Waals surface area contributed by atoms with Crippen LogP contribution in [0.15, 0.2) is 12.4 Å². The lowest BCUT2D eigenvalue weighted by molar-refractivity contribution is -0.129. The van der Waals surface area contributed by atoms with E-state index in [1.165, 1.54) is 6.33 Å². The maximum absolute atomic E-state index is 12.0. The zero-order valence-corrected chi connectivity index (χ0v) is 12.9. The zero-order chi connectivity index (χ0) is 15.9. The monoisotopic (exact) mass is 307 g/mol. The molecule has 0 aromatic carbocycles. The molecule has 1 aromatic rings. The Labute approximate surface area is 129 Å².